The Hall–Kier alpha value is -4.93. The molecule has 2 atom stereocenters. The fourth-order valence-electron chi connectivity index (χ4n) is 5.49. The summed E-state index contributed by atoms with van der Waals surface area (Å²) in [5, 5.41) is 9.80. The fourth-order valence-corrected chi connectivity index (χ4v) is 5.61. The molecule has 0 spiro atoms. The third kappa shape index (κ3) is 7.08. The van der Waals surface area contributed by atoms with Gasteiger partial charge >= 0.3 is 0 Å². The van der Waals surface area contributed by atoms with Crippen molar-refractivity contribution in [2.24, 2.45) is 0 Å². The Morgan fingerprint density at radius 1 is 1.02 bits per heavy atom. The number of amides is 2. The largest absolute Gasteiger partial charge is 0.492 e. The zero-order valence-electron chi connectivity index (χ0n) is 24.7. The van der Waals surface area contributed by atoms with E-state index in [4.69, 9.17) is 20.8 Å². The van der Waals surface area contributed by atoms with E-state index in [0.717, 1.165) is 40.1 Å². The summed E-state index contributed by atoms with van der Waals surface area (Å²) in [7, 11) is 1.55. The smallest absolute Gasteiger partial charge is 0.255 e. The number of carbonyl (C=O) groups is 2. The number of oxazole rings is 1. The number of halogens is 1. The summed E-state index contributed by atoms with van der Waals surface area (Å²) in [6, 6.07) is 20.1. The topological polar surface area (TPSA) is 123 Å². The summed E-state index contributed by atoms with van der Waals surface area (Å²) >= 11 is 6.02. The third-order valence-corrected chi connectivity index (χ3v) is 8.14. The fraction of sp³-hybridized carbons (Fsp3) is 0.235. The van der Waals surface area contributed by atoms with Crippen LogP contribution in [0.5, 0.6) is 5.75 Å². The molecule has 230 valence electrons. The molecule has 3 heterocycles. The molecule has 1 aliphatic rings. The van der Waals surface area contributed by atoms with Gasteiger partial charge in [0.25, 0.3) is 5.91 Å². The van der Waals surface area contributed by atoms with Crippen molar-refractivity contribution in [3.05, 3.63) is 125 Å². The molecular formula is C34H33ClN6O4. The van der Waals surface area contributed by atoms with E-state index in [9.17, 15) is 9.59 Å². The number of carbonyl (C=O) groups excluding carboxylic acids is 2. The van der Waals surface area contributed by atoms with Crippen molar-refractivity contribution in [2.45, 2.75) is 38.0 Å². The van der Waals surface area contributed by atoms with Crippen LogP contribution in [0.1, 0.15) is 45.2 Å². The number of ether oxygens (including phenoxy) is 1. The second kappa shape index (κ2) is 13.8. The lowest BCUT2D eigenvalue weighted by Crippen LogP contribution is -2.47. The minimum atomic E-state index is -0.768. The van der Waals surface area contributed by atoms with Crippen LogP contribution in [0.2, 0.25) is 5.02 Å². The molecule has 10 nitrogen and oxygen atoms in total. The molecule has 45 heavy (non-hydrogen) atoms. The lowest BCUT2D eigenvalue weighted by Gasteiger charge is -2.28. The predicted molar refractivity (Wildman–Crippen MR) is 170 cm³/mol. The number of nitrogens with zero attached hydrogens (tertiary/aromatic N) is 3. The van der Waals surface area contributed by atoms with Gasteiger partial charge in [-0.2, -0.15) is 0 Å². The van der Waals surface area contributed by atoms with E-state index in [-0.39, 0.29) is 17.9 Å². The number of rotatable bonds is 11. The van der Waals surface area contributed by atoms with Gasteiger partial charge in [-0.1, -0.05) is 60.1 Å². The zero-order chi connectivity index (χ0) is 31.2. The van der Waals surface area contributed by atoms with Crippen LogP contribution in [0.4, 0.5) is 0 Å². The van der Waals surface area contributed by atoms with Gasteiger partial charge in [-0.15, -0.1) is 0 Å². The van der Waals surface area contributed by atoms with Crippen LogP contribution in [0, 0.1) is 0 Å². The lowest BCUT2D eigenvalue weighted by molar-refractivity contribution is -0.122. The van der Waals surface area contributed by atoms with Crippen molar-refractivity contribution in [3.63, 3.8) is 0 Å². The van der Waals surface area contributed by atoms with E-state index in [1.165, 1.54) is 6.39 Å². The van der Waals surface area contributed by atoms with Gasteiger partial charge in [0.05, 0.1) is 30.4 Å². The maximum absolute atomic E-state index is 13.5. The Kier molecular flexibility index (Phi) is 9.23. The first-order valence-corrected chi connectivity index (χ1v) is 15.1. The molecule has 2 amide bonds. The Morgan fingerprint density at radius 2 is 1.82 bits per heavy atom. The average molecular weight is 625 g/mol. The van der Waals surface area contributed by atoms with Gasteiger partial charge in [0, 0.05) is 61.4 Å². The Morgan fingerprint density at radius 3 is 2.58 bits per heavy atom. The van der Waals surface area contributed by atoms with Gasteiger partial charge in [-0.3, -0.25) is 9.59 Å². The molecule has 0 aliphatic carbocycles. The van der Waals surface area contributed by atoms with Crippen molar-refractivity contribution in [1.29, 1.82) is 0 Å². The average Bonchev–Trinajstić information content (AvgIpc) is 3.77. The molecule has 5 aromatic rings. The molecule has 1 unspecified atom stereocenters. The molecule has 3 aromatic carbocycles. The van der Waals surface area contributed by atoms with Crippen molar-refractivity contribution in [2.75, 3.05) is 13.7 Å². The highest BCUT2D eigenvalue weighted by Crippen LogP contribution is 2.35. The second-order valence-corrected chi connectivity index (χ2v) is 11.3. The van der Waals surface area contributed by atoms with Gasteiger partial charge in [0.1, 0.15) is 11.8 Å². The van der Waals surface area contributed by atoms with Crippen molar-refractivity contribution in [1.82, 2.24) is 30.5 Å². The first-order chi connectivity index (χ1) is 22.0. The number of para-hydroxylation sites is 1. The van der Waals surface area contributed by atoms with Gasteiger partial charge in [-0.25, -0.2) is 9.97 Å². The Labute approximate surface area is 265 Å². The van der Waals surface area contributed by atoms with E-state index >= 15 is 0 Å². The zero-order valence-corrected chi connectivity index (χ0v) is 25.5. The van der Waals surface area contributed by atoms with Crippen molar-refractivity contribution < 1.29 is 18.7 Å². The summed E-state index contributed by atoms with van der Waals surface area (Å²) < 4.78 is 13.5. The molecular weight excluding hydrogens is 592 g/mol. The molecule has 0 saturated heterocycles. The highest BCUT2D eigenvalue weighted by Gasteiger charge is 2.28. The van der Waals surface area contributed by atoms with E-state index in [1.54, 1.807) is 31.4 Å². The standard InChI is InChI=1S/C34H33ClN6O4/c1-36-34(43)30(15-22-7-11-25(35)12-8-22)40-33(42)28-4-2-3-27-29(13-14-44-32(27)28)39-17-26-16-37-20-41(26)19-23-5-9-24(10-6-23)31-18-38-21-45-31/h2-12,16,18,20-21,29-30,39H,13-15,17,19H2,1H3,(H,36,43)(H,40,42)/t29?,30-/m1/s1. The predicted octanol–water partition coefficient (Wildman–Crippen LogP) is 4.94. The van der Waals surface area contributed by atoms with Crippen LogP contribution < -0.4 is 20.7 Å². The summed E-state index contributed by atoms with van der Waals surface area (Å²) in [6.45, 7) is 1.71. The first kappa shape index (κ1) is 30.1. The van der Waals surface area contributed by atoms with Crippen molar-refractivity contribution in [3.8, 4) is 17.1 Å². The number of imidazole rings is 1. The van der Waals surface area contributed by atoms with Gasteiger partial charge in [0.2, 0.25) is 5.91 Å². The van der Waals surface area contributed by atoms with Gasteiger partial charge < -0.3 is 29.7 Å². The van der Waals surface area contributed by atoms with Crippen LogP contribution >= 0.6 is 11.6 Å². The summed E-state index contributed by atoms with van der Waals surface area (Å²) in [4.78, 5) is 34.6. The molecule has 6 rings (SSSR count). The monoisotopic (exact) mass is 624 g/mol. The highest BCUT2D eigenvalue weighted by molar-refractivity contribution is 6.30. The maximum Gasteiger partial charge on any atom is 0.255 e. The van der Waals surface area contributed by atoms with Crippen molar-refractivity contribution >= 4 is 23.4 Å². The molecule has 3 N–H and O–H groups in total. The molecule has 0 radical (unpaired) electrons. The molecule has 0 fully saturated rings. The first-order valence-electron chi connectivity index (χ1n) is 14.7. The number of likely N-dealkylation sites (N-methyl/N-ethyl adjacent to an activating group) is 1. The number of benzene rings is 3. The number of fused-ring (bicyclic) bond motifs is 1. The number of hydrogen-bond acceptors (Lipinski definition) is 7. The summed E-state index contributed by atoms with van der Waals surface area (Å²) in [5.41, 5.74) is 5.31. The van der Waals surface area contributed by atoms with Crippen LogP contribution in [0.3, 0.4) is 0 Å². The molecule has 2 aromatic heterocycles. The van der Waals surface area contributed by atoms with Crippen LogP contribution in [0.25, 0.3) is 11.3 Å². The van der Waals surface area contributed by atoms with E-state index < -0.39 is 6.04 Å². The van der Waals surface area contributed by atoms with Crippen LogP contribution in [-0.4, -0.2) is 46.0 Å². The van der Waals surface area contributed by atoms with Crippen LogP contribution in [-0.2, 0) is 24.3 Å². The molecule has 1 aliphatic heterocycles. The highest BCUT2D eigenvalue weighted by atomic mass is 35.5. The molecule has 0 bridgehead atoms. The summed E-state index contributed by atoms with van der Waals surface area (Å²) in [5.74, 6) is 0.602. The Bertz CT molecular complexity index is 1750. The van der Waals surface area contributed by atoms with Gasteiger partial charge in [-0.05, 0) is 29.3 Å². The lowest BCUT2D eigenvalue weighted by atomic mass is 9.96. The van der Waals surface area contributed by atoms with Crippen LogP contribution in [0.15, 0.2) is 96.3 Å². The van der Waals surface area contributed by atoms with E-state index in [1.807, 2.05) is 48.9 Å². The maximum atomic E-state index is 13.5. The normalized spacial score (nSPS) is 14.7. The number of nitrogens with one attached hydrogen (secondary N) is 3. The van der Waals surface area contributed by atoms with Gasteiger partial charge in [0.15, 0.2) is 12.2 Å². The number of aromatic nitrogens is 3. The minimum Gasteiger partial charge on any atom is -0.492 e. The second-order valence-electron chi connectivity index (χ2n) is 10.8. The number of hydrogen-bond donors (Lipinski definition) is 3. The van der Waals surface area contributed by atoms with E-state index in [2.05, 4.69) is 42.6 Å². The SMILES string of the molecule is CNC(=O)[C@@H](Cc1ccc(Cl)cc1)NC(=O)c1cccc2c1OCCC2NCc1cncn1Cc1ccc(-c2cnco2)cc1. The third-order valence-electron chi connectivity index (χ3n) is 7.89. The Balaban J connectivity index is 1.12. The summed E-state index contributed by atoms with van der Waals surface area (Å²) in [6.07, 6.45) is 7.87. The van der Waals surface area contributed by atoms with E-state index in [0.29, 0.717) is 42.5 Å². The molecule has 11 heteroatoms. The minimum absolute atomic E-state index is 0.0326. The molecule has 0 saturated carbocycles. The quantitative estimate of drug-likeness (QED) is 0.190.